The highest BCUT2D eigenvalue weighted by molar-refractivity contribution is 14.1. The first-order valence-corrected chi connectivity index (χ1v) is 4.44. The van der Waals surface area contributed by atoms with Gasteiger partial charge in [0.25, 0.3) is 0 Å². The summed E-state index contributed by atoms with van der Waals surface area (Å²) in [6.07, 6.45) is -1.35. The summed E-state index contributed by atoms with van der Waals surface area (Å²) < 4.78 is 40.4. The van der Waals surface area contributed by atoms with Gasteiger partial charge in [-0.3, -0.25) is 9.42 Å². The Labute approximate surface area is 86.0 Å². The van der Waals surface area contributed by atoms with E-state index < -0.39 is 13.0 Å². The number of rotatable bonds is 3. The fourth-order valence-electron chi connectivity index (χ4n) is 0.716. The maximum atomic E-state index is 11.5. The van der Waals surface area contributed by atoms with E-state index in [4.69, 9.17) is 0 Å². The number of alkyl halides is 3. The van der Waals surface area contributed by atoms with E-state index in [1.807, 2.05) is 22.6 Å². The van der Waals surface area contributed by atoms with Gasteiger partial charge in [0.2, 0.25) is 0 Å². The quantitative estimate of drug-likeness (QED) is 0.799. The van der Waals surface area contributed by atoms with Gasteiger partial charge >= 0.3 is 6.36 Å². The molecule has 74 valence electrons. The number of halogens is 4. The standard InChI is InChI=1S/C6H6F3IN2O/c7-6(8,9)13-2-1-12-4-5(10)3-11-12/h3-4H,1-2H2. The van der Waals surface area contributed by atoms with Crippen LogP contribution in [0, 0.1) is 3.57 Å². The van der Waals surface area contributed by atoms with Crippen LogP contribution in [0.3, 0.4) is 0 Å². The van der Waals surface area contributed by atoms with E-state index in [0.717, 1.165) is 3.57 Å². The third-order valence-electron chi connectivity index (χ3n) is 1.19. The van der Waals surface area contributed by atoms with Crippen LogP contribution in [-0.2, 0) is 11.3 Å². The van der Waals surface area contributed by atoms with Crippen molar-refractivity contribution in [3.8, 4) is 0 Å². The van der Waals surface area contributed by atoms with Crippen molar-refractivity contribution in [1.82, 2.24) is 9.78 Å². The number of hydrogen-bond acceptors (Lipinski definition) is 2. The smallest absolute Gasteiger partial charge is 0.290 e. The van der Waals surface area contributed by atoms with E-state index in [1.165, 1.54) is 4.68 Å². The summed E-state index contributed by atoms with van der Waals surface area (Å²) in [5.41, 5.74) is 0. The predicted octanol–water partition coefficient (Wildman–Crippen LogP) is 2.02. The Bertz CT molecular complexity index is 273. The van der Waals surface area contributed by atoms with Gasteiger partial charge < -0.3 is 0 Å². The molecule has 3 nitrogen and oxygen atoms in total. The van der Waals surface area contributed by atoms with Crippen LogP contribution in [0.5, 0.6) is 0 Å². The minimum Gasteiger partial charge on any atom is -0.290 e. The number of hydrogen-bond donors (Lipinski definition) is 0. The summed E-state index contributed by atoms with van der Waals surface area (Å²) in [7, 11) is 0. The van der Waals surface area contributed by atoms with Gasteiger partial charge in [-0.1, -0.05) is 0 Å². The summed E-state index contributed by atoms with van der Waals surface area (Å²) in [5, 5.41) is 3.80. The SMILES string of the molecule is FC(F)(F)OCCn1cc(I)cn1. The maximum absolute atomic E-state index is 11.5. The van der Waals surface area contributed by atoms with Gasteiger partial charge in [0.05, 0.1) is 22.9 Å². The second kappa shape index (κ2) is 4.27. The van der Waals surface area contributed by atoms with Crippen molar-refractivity contribution in [2.24, 2.45) is 0 Å². The lowest BCUT2D eigenvalue weighted by atomic mass is 10.7. The summed E-state index contributed by atoms with van der Waals surface area (Å²) >= 11 is 2.02. The Morgan fingerprint density at radius 3 is 2.69 bits per heavy atom. The van der Waals surface area contributed by atoms with E-state index in [-0.39, 0.29) is 6.54 Å². The average Bonchev–Trinajstić information content (AvgIpc) is 2.33. The first kappa shape index (κ1) is 10.8. The molecule has 0 amide bonds. The largest absolute Gasteiger partial charge is 0.522 e. The highest BCUT2D eigenvalue weighted by atomic mass is 127. The first-order valence-electron chi connectivity index (χ1n) is 3.36. The Morgan fingerprint density at radius 2 is 2.23 bits per heavy atom. The molecule has 1 aromatic heterocycles. The van der Waals surface area contributed by atoms with Crippen molar-refractivity contribution < 1.29 is 17.9 Å². The van der Waals surface area contributed by atoms with Crippen LogP contribution in [0.25, 0.3) is 0 Å². The molecule has 0 aromatic carbocycles. The first-order chi connectivity index (χ1) is 5.97. The second-order valence-electron chi connectivity index (χ2n) is 2.22. The van der Waals surface area contributed by atoms with E-state index in [2.05, 4.69) is 9.84 Å². The van der Waals surface area contributed by atoms with Gasteiger partial charge in [-0.15, -0.1) is 13.2 Å². The average molecular weight is 306 g/mol. The molecule has 0 radical (unpaired) electrons. The van der Waals surface area contributed by atoms with Gasteiger partial charge in [0.15, 0.2) is 0 Å². The molecular formula is C6H6F3IN2O. The molecule has 0 unspecified atom stereocenters. The van der Waals surface area contributed by atoms with Crippen LogP contribution >= 0.6 is 22.6 Å². The minimum atomic E-state index is -4.56. The van der Waals surface area contributed by atoms with Crippen LogP contribution in [0.2, 0.25) is 0 Å². The molecule has 1 rings (SSSR count). The monoisotopic (exact) mass is 306 g/mol. The third kappa shape index (κ3) is 4.46. The lowest BCUT2D eigenvalue weighted by Gasteiger charge is -2.06. The van der Waals surface area contributed by atoms with Crippen molar-refractivity contribution >= 4 is 22.6 Å². The van der Waals surface area contributed by atoms with E-state index in [1.54, 1.807) is 12.4 Å². The summed E-state index contributed by atoms with van der Waals surface area (Å²) in [5.74, 6) is 0. The van der Waals surface area contributed by atoms with Crippen molar-refractivity contribution in [1.29, 1.82) is 0 Å². The van der Waals surface area contributed by atoms with Crippen LogP contribution in [0.4, 0.5) is 13.2 Å². The Kier molecular flexibility index (Phi) is 3.54. The van der Waals surface area contributed by atoms with Gasteiger partial charge in [-0.05, 0) is 22.6 Å². The summed E-state index contributed by atoms with van der Waals surface area (Å²) in [6, 6.07) is 0. The van der Waals surface area contributed by atoms with Crippen LogP contribution in [0.15, 0.2) is 12.4 Å². The van der Waals surface area contributed by atoms with Crippen LogP contribution in [0.1, 0.15) is 0 Å². The minimum absolute atomic E-state index is 0.0997. The molecule has 1 heterocycles. The zero-order chi connectivity index (χ0) is 9.90. The molecule has 0 N–H and O–H groups in total. The lowest BCUT2D eigenvalue weighted by Crippen LogP contribution is -2.17. The fraction of sp³-hybridized carbons (Fsp3) is 0.500. The van der Waals surface area contributed by atoms with E-state index >= 15 is 0 Å². The number of aromatic nitrogens is 2. The number of nitrogens with zero attached hydrogens (tertiary/aromatic N) is 2. The van der Waals surface area contributed by atoms with Crippen molar-refractivity contribution in [2.75, 3.05) is 6.61 Å². The van der Waals surface area contributed by atoms with E-state index in [9.17, 15) is 13.2 Å². The molecule has 1 aromatic rings. The van der Waals surface area contributed by atoms with Gasteiger partial charge in [0, 0.05) is 6.20 Å². The van der Waals surface area contributed by atoms with E-state index in [0.29, 0.717) is 0 Å². The molecule has 0 saturated carbocycles. The molecule has 7 heteroatoms. The van der Waals surface area contributed by atoms with Crippen molar-refractivity contribution in [3.63, 3.8) is 0 Å². The van der Waals surface area contributed by atoms with Crippen LogP contribution < -0.4 is 0 Å². The highest BCUT2D eigenvalue weighted by Gasteiger charge is 2.28. The molecule has 0 atom stereocenters. The van der Waals surface area contributed by atoms with Crippen LogP contribution in [-0.4, -0.2) is 22.7 Å². The third-order valence-corrected chi connectivity index (χ3v) is 1.74. The molecule has 0 spiro atoms. The molecule has 0 bridgehead atoms. The topological polar surface area (TPSA) is 27.1 Å². The predicted molar refractivity (Wildman–Crippen MR) is 47.0 cm³/mol. The van der Waals surface area contributed by atoms with Gasteiger partial charge in [-0.25, -0.2) is 0 Å². The second-order valence-corrected chi connectivity index (χ2v) is 3.46. The molecule has 13 heavy (non-hydrogen) atoms. The Morgan fingerprint density at radius 1 is 1.54 bits per heavy atom. The lowest BCUT2D eigenvalue weighted by molar-refractivity contribution is -0.325. The maximum Gasteiger partial charge on any atom is 0.522 e. The number of ether oxygens (including phenoxy) is 1. The molecular weight excluding hydrogens is 300 g/mol. The molecule has 0 aliphatic carbocycles. The Balaban J connectivity index is 2.28. The highest BCUT2D eigenvalue weighted by Crippen LogP contribution is 2.15. The fourth-order valence-corrected chi connectivity index (χ4v) is 1.16. The van der Waals surface area contributed by atoms with Crippen molar-refractivity contribution in [2.45, 2.75) is 12.9 Å². The molecule has 0 aliphatic heterocycles. The van der Waals surface area contributed by atoms with Gasteiger partial charge in [-0.2, -0.15) is 5.10 Å². The van der Waals surface area contributed by atoms with Gasteiger partial charge in [0.1, 0.15) is 0 Å². The zero-order valence-corrected chi connectivity index (χ0v) is 8.54. The molecule has 0 fully saturated rings. The molecule has 0 aliphatic rings. The normalized spacial score (nSPS) is 12.0. The zero-order valence-electron chi connectivity index (χ0n) is 6.38. The summed E-state index contributed by atoms with van der Waals surface area (Å²) in [4.78, 5) is 0. The summed E-state index contributed by atoms with van der Waals surface area (Å²) in [6.45, 7) is -0.316. The molecule has 0 saturated heterocycles. The Hall–Kier alpha value is -0.310. The van der Waals surface area contributed by atoms with Crippen molar-refractivity contribution in [3.05, 3.63) is 16.0 Å².